The third kappa shape index (κ3) is 2.68. The Morgan fingerprint density at radius 3 is 2.63 bits per heavy atom. The molecule has 0 saturated heterocycles. The number of fused-ring (bicyclic) bond motifs is 1. The Balaban J connectivity index is 2.26. The topological polar surface area (TPSA) is 44.1 Å². The number of ether oxygens (including phenoxy) is 1. The maximum Gasteiger partial charge on any atom is 0.169 e. The molecule has 1 unspecified atom stereocenters. The minimum absolute atomic E-state index is 0.0795. The summed E-state index contributed by atoms with van der Waals surface area (Å²) in [5.74, 6) is 1.04. The van der Waals surface area contributed by atoms with Gasteiger partial charge in [0, 0.05) is 14.2 Å². The van der Waals surface area contributed by atoms with Crippen molar-refractivity contribution in [3.63, 3.8) is 0 Å². The zero-order chi connectivity index (χ0) is 14.0. The molecule has 0 aliphatic carbocycles. The summed E-state index contributed by atoms with van der Waals surface area (Å²) < 4.78 is 7.25. The molecule has 0 amide bonds. The summed E-state index contributed by atoms with van der Waals surface area (Å²) in [5.41, 5.74) is 1.97. The van der Waals surface area contributed by atoms with E-state index in [9.17, 15) is 4.79 Å². The number of para-hydroxylation sites is 2. The summed E-state index contributed by atoms with van der Waals surface area (Å²) in [6.45, 7) is 3.97. The van der Waals surface area contributed by atoms with Gasteiger partial charge in [-0.3, -0.25) is 4.79 Å². The lowest BCUT2D eigenvalue weighted by Crippen LogP contribution is -2.30. The summed E-state index contributed by atoms with van der Waals surface area (Å²) in [6.07, 6.45) is -0.0539. The molecule has 0 aliphatic heterocycles. The number of carbonyl (C=O) groups is 1. The number of carbonyl (C=O) groups excluding carboxylic acids is 1. The van der Waals surface area contributed by atoms with Crippen molar-refractivity contribution in [1.82, 2.24) is 9.55 Å². The fraction of sp³-hybridized carbons (Fsp3) is 0.467. The van der Waals surface area contributed by atoms with Crippen LogP contribution in [0.5, 0.6) is 0 Å². The first-order chi connectivity index (χ1) is 9.04. The number of Topliss-reactive ketones (excluding diaryl/α,β-unsaturated/α-hetero) is 1. The molecule has 0 bridgehead atoms. The van der Waals surface area contributed by atoms with Gasteiger partial charge in [-0.15, -0.1) is 0 Å². The third-order valence-electron chi connectivity index (χ3n) is 3.39. The van der Waals surface area contributed by atoms with Gasteiger partial charge in [-0.2, -0.15) is 0 Å². The highest BCUT2D eigenvalue weighted by molar-refractivity contribution is 5.86. The number of imidazole rings is 1. The lowest BCUT2D eigenvalue weighted by molar-refractivity contribution is -0.130. The molecule has 4 heteroatoms. The van der Waals surface area contributed by atoms with E-state index < -0.39 is 0 Å². The minimum Gasteiger partial charge on any atom is -0.373 e. The summed E-state index contributed by atoms with van der Waals surface area (Å²) in [5, 5.41) is 0. The third-order valence-corrected chi connectivity index (χ3v) is 3.39. The van der Waals surface area contributed by atoms with E-state index in [2.05, 4.69) is 4.98 Å². The summed E-state index contributed by atoms with van der Waals surface area (Å²) in [6, 6.07) is 7.89. The van der Waals surface area contributed by atoms with Crippen LogP contribution in [0.15, 0.2) is 24.3 Å². The lowest BCUT2D eigenvalue weighted by atomic mass is 10.0. The van der Waals surface area contributed by atoms with Gasteiger partial charge < -0.3 is 9.30 Å². The summed E-state index contributed by atoms with van der Waals surface area (Å²) >= 11 is 0. The maximum atomic E-state index is 12.2. The number of methoxy groups -OCH3 is 1. The second-order valence-corrected chi connectivity index (χ2v) is 5.12. The number of hydrogen-bond acceptors (Lipinski definition) is 3. The van der Waals surface area contributed by atoms with Crippen LogP contribution in [-0.4, -0.2) is 28.5 Å². The summed E-state index contributed by atoms with van der Waals surface area (Å²) in [7, 11) is 3.52. The fourth-order valence-corrected chi connectivity index (χ4v) is 2.39. The van der Waals surface area contributed by atoms with Gasteiger partial charge in [-0.05, 0) is 18.1 Å². The first kappa shape index (κ1) is 13.7. The van der Waals surface area contributed by atoms with E-state index in [1.54, 1.807) is 7.11 Å². The lowest BCUT2D eigenvalue weighted by Gasteiger charge is -2.17. The quantitative estimate of drug-likeness (QED) is 0.829. The van der Waals surface area contributed by atoms with Gasteiger partial charge in [0.1, 0.15) is 11.9 Å². The molecule has 1 heterocycles. The van der Waals surface area contributed by atoms with E-state index in [0.717, 1.165) is 16.9 Å². The van der Waals surface area contributed by atoms with Crippen molar-refractivity contribution >= 4 is 16.8 Å². The molecule has 0 spiro atoms. The van der Waals surface area contributed by atoms with Crippen LogP contribution in [0.2, 0.25) is 0 Å². The van der Waals surface area contributed by atoms with Crippen LogP contribution in [-0.2, 0) is 23.0 Å². The number of aryl methyl sites for hydroxylation is 1. The van der Waals surface area contributed by atoms with Crippen molar-refractivity contribution in [2.24, 2.45) is 13.0 Å². The van der Waals surface area contributed by atoms with Gasteiger partial charge in [0.25, 0.3) is 0 Å². The predicted octanol–water partition coefficient (Wildman–Crippen LogP) is 2.36. The van der Waals surface area contributed by atoms with E-state index in [1.807, 2.05) is 49.7 Å². The highest BCUT2D eigenvalue weighted by atomic mass is 16.5. The molecular formula is C15H20N2O2. The molecule has 0 saturated carbocycles. The Morgan fingerprint density at radius 1 is 1.37 bits per heavy atom. The number of rotatable bonds is 5. The van der Waals surface area contributed by atoms with Gasteiger partial charge in [-0.1, -0.05) is 26.0 Å². The van der Waals surface area contributed by atoms with Crippen LogP contribution in [0.3, 0.4) is 0 Å². The largest absolute Gasteiger partial charge is 0.373 e. The van der Waals surface area contributed by atoms with Crippen LogP contribution in [0, 0.1) is 5.92 Å². The molecule has 1 aromatic carbocycles. The molecule has 0 N–H and O–H groups in total. The van der Waals surface area contributed by atoms with Gasteiger partial charge in [0.15, 0.2) is 5.78 Å². The number of ketones is 1. The second-order valence-electron chi connectivity index (χ2n) is 5.12. The number of aromatic nitrogens is 2. The van der Waals surface area contributed by atoms with E-state index in [4.69, 9.17) is 4.74 Å². The average molecular weight is 260 g/mol. The van der Waals surface area contributed by atoms with Crippen LogP contribution in [0.1, 0.15) is 19.7 Å². The maximum absolute atomic E-state index is 12.2. The monoisotopic (exact) mass is 260 g/mol. The Bertz CT molecular complexity index is 587. The number of benzene rings is 1. The number of hydrogen-bond donors (Lipinski definition) is 0. The molecular weight excluding hydrogens is 240 g/mol. The first-order valence-electron chi connectivity index (χ1n) is 6.50. The van der Waals surface area contributed by atoms with E-state index in [-0.39, 0.29) is 17.8 Å². The highest BCUT2D eigenvalue weighted by Crippen LogP contribution is 2.16. The molecule has 0 radical (unpaired) electrons. The summed E-state index contributed by atoms with van der Waals surface area (Å²) in [4.78, 5) is 16.8. The Morgan fingerprint density at radius 2 is 2.05 bits per heavy atom. The van der Waals surface area contributed by atoms with E-state index in [0.29, 0.717) is 6.42 Å². The van der Waals surface area contributed by atoms with Gasteiger partial charge in [0.05, 0.1) is 17.5 Å². The predicted molar refractivity (Wildman–Crippen MR) is 75.1 cm³/mol. The zero-order valence-corrected chi connectivity index (χ0v) is 11.9. The number of nitrogens with zero attached hydrogens (tertiary/aromatic N) is 2. The SMILES string of the molecule is COC(C(=O)Cc1nc2ccccc2n1C)C(C)C. The van der Waals surface area contributed by atoms with Crippen molar-refractivity contribution in [2.45, 2.75) is 26.4 Å². The molecule has 2 aromatic rings. The molecule has 0 aliphatic rings. The Kier molecular flexibility index (Phi) is 4.00. The van der Waals surface area contributed by atoms with Crippen LogP contribution in [0.25, 0.3) is 11.0 Å². The molecule has 0 fully saturated rings. The van der Waals surface area contributed by atoms with E-state index >= 15 is 0 Å². The molecule has 1 aromatic heterocycles. The fourth-order valence-electron chi connectivity index (χ4n) is 2.39. The van der Waals surface area contributed by atoms with Gasteiger partial charge in [-0.25, -0.2) is 4.98 Å². The van der Waals surface area contributed by atoms with Crippen LogP contribution >= 0.6 is 0 Å². The van der Waals surface area contributed by atoms with Gasteiger partial charge in [0.2, 0.25) is 0 Å². The molecule has 4 nitrogen and oxygen atoms in total. The second kappa shape index (κ2) is 5.53. The molecule has 19 heavy (non-hydrogen) atoms. The van der Waals surface area contributed by atoms with Crippen molar-refractivity contribution in [1.29, 1.82) is 0 Å². The standard InChI is InChI=1S/C15H20N2O2/c1-10(2)15(19-4)13(18)9-14-16-11-7-5-6-8-12(11)17(14)3/h5-8,10,15H,9H2,1-4H3. The Labute approximate surface area is 113 Å². The molecule has 2 rings (SSSR count). The average Bonchev–Trinajstić information content (AvgIpc) is 2.67. The highest BCUT2D eigenvalue weighted by Gasteiger charge is 2.23. The zero-order valence-electron chi connectivity index (χ0n) is 11.9. The molecule has 1 atom stereocenters. The van der Waals surface area contributed by atoms with Crippen LogP contribution < -0.4 is 0 Å². The first-order valence-corrected chi connectivity index (χ1v) is 6.50. The smallest absolute Gasteiger partial charge is 0.169 e. The normalized spacial score (nSPS) is 13.1. The van der Waals surface area contributed by atoms with Gasteiger partial charge >= 0.3 is 0 Å². The van der Waals surface area contributed by atoms with Crippen molar-refractivity contribution in [2.75, 3.05) is 7.11 Å². The van der Waals surface area contributed by atoms with Crippen molar-refractivity contribution in [3.05, 3.63) is 30.1 Å². The molecule has 102 valence electrons. The Hall–Kier alpha value is -1.68. The van der Waals surface area contributed by atoms with Crippen molar-refractivity contribution < 1.29 is 9.53 Å². The van der Waals surface area contributed by atoms with Crippen LogP contribution in [0.4, 0.5) is 0 Å². The van der Waals surface area contributed by atoms with E-state index in [1.165, 1.54) is 0 Å². The minimum atomic E-state index is -0.361. The van der Waals surface area contributed by atoms with Crippen molar-refractivity contribution in [3.8, 4) is 0 Å².